The highest BCUT2D eigenvalue weighted by molar-refractivity contribution is 5.96. The van der Waals surface area contributed by atoms with Crippen LogP contribution in [0.4, 0.5) is 10.5 Å². The zero-order valence-corrected chi connectivity index (χ0v) is 16.3. The Balaban J connectivity index is 1.37. The highest BCUT2D eigenvalue weighted by atomic mass is 16.6. The minimum Gasteiger partial charge on any atom is -0.446 e. The monoisotopic (exact) mass is 406 g/mol. The van der Waals surface area contributed by atoms with Gasteiger partial charge in [0.25, 0.3) is 5.91 Å². The Morgan fingerprint density at radius 2 is 1.77 bits per heavy atom. The highest BCUT2D eigenvalue weighted by Crippen LogP contribution is 2.22. The Bertz CT molecular complexity index is 1110. The number of para-hydroxylation sites is 2. The molecule has 2 atom stereocenters. The second-order valence-corrected chi connectivity index (χ2v) is 7.34. The van der Waals surface area contributed by atoms with Gasteiger partial charge in [-0.3, -0.25) is 10.1 Å². The summed E-state index contributed by atoms with van der Waals surface area (Å²) in [7, 11) is 0. The smallest absolute Gasteiger partial charge is 0.411 e. The molecule has 154 valence electrons. The van der Waals surface area contributed by atoms with Crippen molar-refractivity contribution in [2.24, 2.45) is 0 Å². The maximum atomic E-state index is 12.7. The summed E-state index contributed by atoms with van der Waals surface area (Å²) in [5, 5.41) is 6.26. The first-order chi connectivity index (χ1) is 14.6. The van der Waals surface area contributed by atoms with Gasteiger partial charge in [0, 0.05) is 23.5 Å². The van der Waals surface area contributed by atoms with E-state index in [1.165, 1.54) is 0 Å². The number of hydrogen-bond donors (Lipinski definition) is 2. The second-order valence-electron chi connectivity index (χ2n) is 7.34. The Labute approximate surface area is 173 Å². The molecule has 2 aromatic carbocycles. The number of nitrogens with one attached hydrogen (secondary N) is 2. The maximum absolute atomic E-state index is 12.7. The Morgan fingerprint density at radius 3 is 2.60 bits per heavy atom. The number of carbonyl (C=O) groups excluding carboxylic acids is 2. The van der Waals surface area contributed by atoms with Crippen LogP contribution in [0.2, 0.25) is 0 Å². The van der Waals surface area contributed by atoms with E-state index in [0.717, 1.165) is 19.3 Å². The van der Waals surface area contributed by atoms with E-state index >= 15 is 0 Å². The van der Waals surface area contributed by atoms with Crippen molar-refractivity contribution in [3.05, 3.63) is 76.6 Å². The molecule has 2 amide bonds. The van der Waals surface area contributed by atoms with E-state index in [1.54, 1.807) is 36.4 Å². The van der Waals surface area contributed by atoms with Gasteiger partial charge < -0.3 is 14.5 Å². The Kier molecular flexibility index (Phi) is 5.79. The molecule has 0 bridgehead atoms. The summed E-state index contributed by atoms with van der Waals surface area (Å²) in [6, 6.07) is 17.5. The molecule has 1 fully saturated rings. The van der Waals surface area contributed by atoms with Crippen molar-refractivity contribution in [1.82, 2.24) is 5.32 Å². The lowest BCUT2D eigenvalue weighted by atomic mass is 9.92. The van der Waals surface area contributed by atoms with Crippen LogP contribution >= 0.6 is 0 Å². The van der Waals surface area contributed by atoms with Crippen molar-refractivity contribution in [2.45, 2.75) is 37.8 Å². The standard InChI is InChI=1S/C23H22N2O5/c26-21(19-13-15-7-4-5-12-20(15)30-22(19)27)24-17-10-6-11-18(14-17)29-23(28)25-16-8-2-1-3-9-16/h1-5,7-9,12-13,17-18H,6,10-11,14H2,(H,24,26)(H,25,28)/t17-,18-/m0/s1. The van der Waals surface area contributed by atoms with Gasteiger partial charge in [-0.25, -0.2) is 9.59 Å². The van der Waals surface area contributed by atoms with Gasteiger partial charge in [0.2, 0.25) is 0 Å². The van der Waals surface area contributed by atoms with E-state index in [1.807, 2.05) is 24.3 Å². The van der Waals surface area contributed by atoms with E-state index < -0.39 is 17.6 Å². The number of anilines is 1. The molecule has 0 unspecified atom stereocenters. The normalized spacial score (nSPS) is 18.5. The first kappa shape index (κ1) is 19.7. The molecule has 1 aliphatic rings. The fourth-order valence-corrected chi connectivity index (χ4v) is 3.69. The Hall–Kier alpha value is -3.61. The van der Waals surface area contributed by atoms with Gasteiger partial charge in [0.1, 0.15) is 17.3 Å². The molecule has 0 radical (unpaired) electrons. The van der Waals surface area contributed by atoms with Gasteiger partial charge in [-0.15, -0.1) is 0 Å². The molecule has 0 saturated heterocycles. The highest BCUT2D eigenvalue weighted by Gasteiger charge is 2.27. The van der Waals surface area contributed by atoms with Crippen LogP contribution in [0.15, 0.2) is 69.9 Å². The fourth-order valence-electron chi connectivity index (χ4n) is 3.69. The summed E-state index contributed by atoms with van der Waals surface area (Å²) < 4.78 is 10.8. The van der Waals surface area contributed by atoms with E-state index in [0.29, 0.717) is 23.1 Å². The number of rotatable bonds is 4. The molecule has 1 aromatic heterocycles. The topological polar surface area (TPSA) is 97.6 Å². The van der Waals surface area contributed by atoms with Crippen molar-refractivity contribution in [2.75, 3.05) is 5.32 Å². The van der Waals surface area contributed by atoms with E-state index in [2.05, 4.69) is 10.6 Å². The predicted octanol–water partition coefficient (Wildman–Crippen LogP) is 4.08. The fraction of sp³-hybridized carbons (Fsp3) is 0.261. The minimum atomic E-state index is -0.669. The molecule has 7 heteroatoms. The molecular weight excluding hydrogens is 384 g/mol. The molecule has 3 aromatic rings. The van der Waals surface area contributed by atoms with Gasteiger partial charge in [-0.2, -0.15) is 0 Å². The van der Waals surface area contributed by atoms with Gasteiger partial charge in [0.15, 0.2) is 0 Å². The third-order valence-corrected chi connectivity index (χ3v) is 5.14. The number of fused-ring (bicyclic) bond motifs is 1. The molecule has 0 aliphatic heterocycles. The SMILES string of the molecule is O=C(Nc1ccccc1)O[C@H]1CCC[C@H](NC(=O)c2cc3ccccc3oc2=O)C1. The summed E-state index contributed by atoms with van der Waals surface area (Å²) in [4.78, 5) is 37.0. The molecule has 1 heterocycles. The molecular formula is C23H22N2O5. The van der Waals surface area contributed by atoms with Gasteiger partial charge in [-0.05, 0) is 43.5 Å². The maximum Gasteiger partial charge on any atom is 0.411 e. The average Bonchev–Trinajstić information content (AvgIpc) is 2.74. The van der Waals surface area contributed by atoms with Crippen molar-refractivity contribution < 1.29 is 18.7 Å². The molecule has 1 saturated carbocycles. The van der Waals surface area contributed by atoms with Gasteiger partial charge >= 0.3 is 11.7 Å². The number of amides is 2. The first-order valence-corrected chi connectivity index (χ1v) is 9.95. The molecule has 4 rings (SSSR count). The third kappa shape index (κ3) is 4.68. The molecule has 0 spiro atoms. The van der Waals surface area contributed by atoms with E-state index in [9.17, 15) is 14.4 Å². The minimum absolute atomic E-state index is 0.0291. The molecule has 2 N–H and O–H groups in total. The van der Waals surface area contributed by atoms with Crippen LogP contribution in [0.5, 0.6) is 0 Å². The van der Waals surface area contributed by atoms with Gasteiger partial charge in [-0.1, -0.05) is 36.4 Å². The van der Waals surface area contributed by atoms with Crippen molar-refractivity contribution in [1.29, 1.82) is 0 Å². The lowest BCUT2D eigenvalue weighted by Crippen LogP contribution is -2.42. The molecule has 1 aliphatic carbocycles. The summed E-state index contributed by atoms with van der Waals surface area (Å²) in [6.07, 6.45) is 1.96. The zero-order valence-electron chi connectivity index (χ0n) is 16.3. The van der Waals surface area contributed by atoms with Crippen LogP contribution in [0.3, 0.4) is 0 Å². The lowest BCUT2D eigenvalue weighted by molar-refractivity contribution is 0.0711. The first-order valence-electron chi connectivity index (χ1n) is 9.95. The lowest BCUT2D eigenvalue weighted by Gasteiger charge is -2.29. The third-order valence-electron chi connectivity index (χ3n) is 5.14. The van der Waals surface area contributed by atoms with Crippen molar-refractivity contribution in [3.8, 4) is 0 Å². The summed E-state index contributed by atoms with van der Waals surface area (Å²) in [5.74, 6) is -0.478. The number of hydrogen-bond acceptors (Lipinski definition) is 5. The summed E-state index contributed by atoms with van der Waals surface area (Å²) >= 11 is 0. The van der Waals surface area contributed by atoms with Crippen LogP contribution in [-0.4, -0.2) is 24.1 Å². The van der Waals surface area contributed by atoms with Crippen LogP contribution in [0.1, 0.15) is 36.0 Å². The zero-order chi connectivity index (χ0) is 20.9. The number of ether oxygens (including phenoxy) is 1. The number of benzene rings is 2. The number of carbonyl (C=O) groups is 2. The molecule has 30 heavy (non-hydrogen) atoms. The van der Waals surface area contributed by atoms with Crippen LogP contribution in [0, 0.1) is 0 Å². The largest absolute Gasteiger partial charge is 0.446 e. The quantitative estimate of drug-likeness (QED) is 0.636. The average molecular weight is 406 g/mol. The van der Waals surface area contributed by atoms with E-state index in [-0.39, 0.29) is 17.7 Å². The van der Waals surface area contributed by atoms with Crippen LogP contribution < -0.4 is 16.3 Å². The summed E-state index contributed by atoms with van der Waals surface area (Å²) in [6.45, 7) is 0. The van der Waals surface area contributed by atoms with Crippen LogP contribution in [-0.2, 0) is 4.74 Å². The Morgan fingerprint density at radius 1 is 1.00 bits per heavy atom. The van der Waals surface area contributed by atoms with Crippen molar-refractivity contribution >= 4 is 28.7 Å². The van der Waals surface area contributed by atoms with Crippen LogP contribution in [0.25, 0.3) is 11.0 Å². The second kappa shape index (κ2) is 8.82. The van der Waals surface area contributed by atoms with E-state index in [4.69, 9.17) is 9.15 Å². The summed E-state index contributed by atoms with van der Waals surface area (Å²) in [5.41, 5.74) is 0.399. The van der Waals surface area contributed by atoms with Gasteiger partial charge in [0.05, 0.1) is 0 Å². The van der Waals surface area contributed by atoms with Crippen molar-refractivity contribution in [3.63, 3.8) is 0 Å². The predicted molar refractivity (Wildman–Crippen MR) is 113 cm³/mol. The molecule has 7 nitrogen and oxygen atoms in total.